The van der Waals surface area contributed by atoms with Gasteiger partial charge in [0, 0.05) is 6.54 Å². The van der Waals surface area contributed by atoms with Gasteiger partial charge in [-0.3, -0.25) is 0 Å². The first-order valence-corrected chi connectivity index (χ1v) is 7.46. The topological polar surface area (TPSA) is 49.8 Å². The zero-order valence-corrected chi connectivity index (χ0v) is 12.0. The fourth-order valence-corrected chi connectivity index (χ4v) is 3.61. The molecule has 0 bridgehead atoms. The van der Waals surface area contributed by atoms with Crippen molar-refractivity contribution < 1.29 is 14.6 Å². The molecule has 1 aliphatic carbocycles. The van der Waals surface area contributed by atoms with Crippen LogP contribution in [0.3, 0.4) is 0 Å². The maximum absolute atomic E-state index is 11.5. The molecule has 1 aromatic carbocycles. The van der Waals surface area contributed by atoms with Crippen molar-refractivity contribution in [2.24, 2.45) is 0 Å². The zero-order valence-electron chi connectivity index (χ0n) is 11.2. The first-order chi connectivity index (χ1) is 9.68. The van der Waals surface area contributed by atoms with Crippen molar-refractivity contribution >= 4 is 23.3 Å². The Kier molecular flexibility index (Phi) is 3.85. The minimum Gasteiger partial charge on any atom is -0.478 e. The maximum atomic E-state index is 11.5. The number of carbonyl (C=O) groups is 1. The standard InChI is InChI=1S/C15H18ClNO3/c16-10-4-3-6-12(14(10)15(18)19)17-8-9-20-13-7-2-1-5-11(13)17/h3-4,6,11,13H,1-2,5,7-9H2,(H,18,19). The lowest BCUT2D eigenvalue weighted by Gasteiger charge is -2.45. The van der Waals surface area contributed by atoms with Gasteiger partial charge in [0.05, 0.1) is 29.5 Å². The predicted molar refractivity (Wildman–Crippen MR) is 77.8 cm³/mol. The molecule has 5 heteroatoms. The molecule has 2 atom stereocenters. The summed E-state index contributed by atoms with van der Waals surface area (Å²) in [4.78, 5) is 13.7. The van der Waals surface area contributed by atoms with Gasteiger partial charge in [-0.05, 0) is 25.0 Å². The predicted octanol–water partition coefficient (Wildman–Crippen LogP) is 3.19. The maximum Gasteiger partial charge on any atom is 0.339 e. The molecule has 108 valence electrons. The van der Waals surface area contributed by atoms with Crippen molar-refractivity contribution in [1.82, 2.24) is 0 Å². The number of hydrogen-bond donors (Lipinski definition) is 1. The molecule has 3 rings (SSSR count). The van der Waals surface area contributed by atoms with E-state index >= 15 is 0 Å². The van der Waals surface area contributed by atoms with Crippen LogP contribution in [0.1, 0.15) is 36.0 Å². The SMILES string of the molecule is O=C(O)c1c(Cl)cccc1N1CCOC2CCCCC21. The number of fused-ring (bicyclic) bond motifs is 1. The van der Waals surface area contributed by atoms with Gasteiger partial charge in [-0.15, -0.1) is 0 Å². The Morgan fingerprint density at radius 1 is 1.35 bits per heavy atom. The number of carboxylic acid groups (broad SMARTS) is 1. The van der Waals surface area contributed by atoms with Crippen LogP contribution in [0, 0.1) is 0 Å². The lowest BCUT2D eigenvalue weighted by Crippen LogP contribution is -2.53. The second-order valence-corrected chi connectivity index (χ2v) is 5.80. The van der Waals surface area contributed by atoms with E-state index in [0.717, 1.165) is 25.1 Å². The molecule has 2 unspecified atom stereocenters. The Balaban J connectivity index is 1.99. The third-order valence-corrected chi connectivity index (χ3v) is 4.56. The summed E-state index contributed by atoms with van der Waals surface area (Å²) in [6, 6.07) is 5.57. The van der Waals surface area contributed by atoms with Gasteiger partial charge in [0.25, 0.3) is 0 Å². The summed E-state index contributed by atoms with van der Waals surface area (Å²) in [6.45, 7) is 1.37. The van der Waals surface area contributed by atoms with Crippen LogP contribution in [0.2, 0.25) is 5.02 Å². The van der Waals surface area contributed by atoms with E-state index in [1.54, 1.807) is 6.07 Å². The van der Waals surface area contributed by atoms with Crippen LogP contribution < -0.4 is 4.90 Å². The molecule has 0 aromatic heterocycles. The van der Waals surface area contributed by atoms with E-state index in [-0.39, 0.29) is 17.7 Å². The Morgan fingerprint density at radius 3 is 2.95 bits per heavy atom. The summed E-state index contributed by atoms with van der Waals surface area (Å²) in [5.41, 5.74) is 0.936. The number of aromatic carboxylic acids is 1. The van der Waals surface area contributed by atoms with Crippen molar-refractivity contribution in [3.05, 3.63) is 28.8 Å². The third-order valence-electron chi connectivity index (χ3n) is 4.25. The summed E-state index contributed by atoms with van der Waals surface area (Å²) in [6.07, 6.45) is 4.69. The van der Waals surface area contributed by atoms with E-state index in [1.165, 1.54) is 12.8 Å². The summed E-state index contributed by atoms with van der Waals surface area (Å²) in [7, 11) is 0. The number of benzene rings is 1. The molecule has 4 nitrogen and oxygen atoms in total. The van der Waals surface area contributed by atoms with Gasteiger partial charge in [-0.2, -0.15) is 0 Å². The Morgan fingerprint density at radius 2 is 2.15 bits per heavy atom. The number of rotatable bonds is 2. The second kappa shape index (κ2) is 5.62. The molecular formula is C15H18ClNO3. The van der Waals surface area contributed by atoms with Gasteiger partial charge in [-0.25, -0.2) is 4.79 Å². The quantitative estimate of drug-likeness (QED) is 0.910. The number of hydrogen-bond acceptors (Lipinski definition) is 3. The van der Waals surface area contributed by atoms with Crippen molar-refractivity contribution in [2.75, 3.05) is 18.1 Å². The lowest BCUT2D eigenvalue weighted by atomic mass is 9.89. The number of anilines is 1. The highest BCUT2D eigenvalue weighted by molar-refractivity contribution is 6.34. The van der Waals surface area contributed by atoms with Crippen molar-refractivity contribution in [1.29, 1.82) is 0 Å². The normalized spacial score (nSPS) is 26.1. The molecule has 0 radical (unpaired) electrons. The smallest absolute Gasteiger partial charge is 0.339 e. The van der Waals surface area contributed by atoms with E-state index < -0.39 is 5.97 Å². The molecule has 1 aliphatic heterocycles. The van der Waals surface area contributed by atoms with E-state index in [1.807, 2.05) is 12.1 Å². The van der Waals surface area contributed by atoms with Crippen LogP contribution in [0.4, 0.5) is 5.69 Å². The Hall–Kier alpha value is -1.26. The van der Waals surface area contributed by atoms with Crippen LogP contribution >= 0.6 is 11.6 Å². The fourth-order valence-electron chi connectivity index (χ4n) is 3.36. The molecule has 1 heterocycles. The van der Waals surface area contributed by atoms with Crippen LogP contribution in [-0.4, -0.2) is 36.4 Å². The first-order valence-electron chi connectivity index (χ1n) is 7.08. The molecule has 2 aliphatic rings. The average molecular weight is 296 g/mol. The second-order valence-electron chi connectivity index (χ2n) is 5.39. The minimum atomic E-state index is -0.968. The molecule has 0 spiro atoms. The van der Waals surface area contributed by atoms with Crippen LogP contribution in [-0.2, 0) is 4.74 Å². The van der Waals surface area contributed by atoms with E-state index in [9.17, 15) is 9.90 Å². The van der Waals surface area contributed by atoms with E-state index in [4.69, 9.17) is 16.3 Å². The van der Waals surface area contributed by atoms with Gasteiger partial charge < -0.3 is 14.7 Å². The Bertz CT molecular complexity index is 518. The number of ether oxygens (including phenoxy) is 1. The van der Waals surface area contributed by atoms with E-state index in [0.29, 0.717) is 11.6 Å². The highest BCUT2D eigenvalue weighted by Crippen LogP contribution is 2.35. The van der Waals surface area contributed by atoms with Gasteiger partial charge in [0.2, 0.25) is 0 Å². The lowest BCUT2D eigenvalue weighted by molar-refractivity contribution is -0.00878. The minimum absolute atomic E-state index is 0.209. The largest absolute Gasteiger partial charge is 0.478 e. The zero-order chi connectivity index (χ0) is 14.1. The van der Waals surface area contributed by atoms with Gasteiger partial charge >= 0.3 is 5.97 Å². The first kappa shape index (κ1) is 13.7. The number of nitrogens with zero attached hydrogens (tertiary/aromatic N) is 1. The van der Waals surface area contributed by atoms with Crippen molar-refractivity contribution in [3.8, 4) is 0 Å². The number of morpholine rings is 1. The molecular weight excluding hydrogens is 278 g/mol. The molecule has 0 amide bonds. The van der Waals surface area contributed by atoms with Crippen LogP contribution in [0.5, 0.6) is 0 Å². The monoisotopic (exact) mass is 295 g/mol. The molecule has 1 aromatic rings. The third kappa shape index (κ3) is 2.38. The molecule has 20 heavy (non-hydrogen) atoms. The highest BCUT2D eigenvalue weighted by atomic mass is 35.5. The number of carboxylic acids is 1. The Labute approximate surface area is 123 Å². The van der Waals surface area contributed by atoms with Crippen LogP contribution in [0.15, 0.2) is 18.2 Å². The van der Waals surface area contributed by atoms with Crippen LogP contribution in [0.25, 0.3) is 0 Å². The fraction of sp³-hybridized carbons (Fsp3) is 0.533. The summed E-state index contributed by atoms with van der Waals surface area (Å²) in [5, 5.41) is 9.73. The van der Waals surface area contributed by atoms with Crippen molar-refractivity contribution in [3.63, 3.8) is 0 Å². The summed E-state index contributed by atoms with van der Waals surface area (Å²) in [5.74, 6) is -0.968. The van der Waals surface area contributed by atoms with E-state index in [2.05, 4.69) is 4.90 Å². The molecule has 1 N–H and O–H groups in total. The molecule has 2 fully saturated rings. The van der Waals surface area contributed by atoms with Crippen molar-refractivity contribution in [2.45, 2.75) is 37.8 Å². The van der Waals surface area contributed by atoms with Gasteiger partial charge in [0.15, 0.2) is 0 Å². The highest BCUT2D eigenvalue weighted by Gasteiger charge is 2.36. The summed E-state index contributed by atoms with van der Waals surface area (Å²) >= 11 is 6.08. The summed E-state index contributed by atoms with van der Waals surface area (Å²) < 4.78 is 5.84. The van der Waals surface area contributed by atoms with Gasteiger partial charge in [-0.1, -0.05) is 30.5 Å². The molecule has 1 saturated carbocycles. The van der Waals surface area contributed by atoms with Gasteiger partial charge in [0.1, 0.15) is 5.56 Å². The average Bonchev–Trinajstić information content (AvgIpc) is 2.46. The molecule has 1 saturated heterocycles. The number of halogens is 1.